The van der Waals surface area contributed by atoms with Crippen LogP contribution in [0.5, 0.6) is 0 Å². The van der Waals surface area contributed by atoms with Gasteiger partial charge in [-0.2, -0.15) is 0 Å². The summed E-state index contributed by atoms with van der Waals surface area (Å²) in [5, 5.41) is 9.11. The maximum Gasteiger partial charge on any atom is 0.123 e. The van der Waals surface area contributed by atoms with Crippen LogP contribution in [0.3, 0.4) is 0 Å². The number of nitrogens with zero attached hydrogens (tertiary/aromatic N) is 1. The van der Waals surface area contributed by atoms with E-state index in [9.17, 15) is 4.39 Å². The third-order valence-electron chi connectivity index (χ3n) is 2.74. The normalized spacial score (nSPS) is 10.7. The summed E-state index contributed by atoms with van der Waals surface area (Å²) in [6.07, 6.45) is 1.88. The molecule has 0 amide bonds. The quantitative estimate of drug-likeness (QED) is 0.842. The summed E-state index contributed by atoms with van der Waals surface area (Å²) in [4.78, 5) is 0. The van der Waals surface area contributed by atoms with E-state index in [-0.39, 0.29) is 12.4 Å². The number of hydrogen-bond donors (Lipinski definition) is 1. The average molecular weight is 219 g/mol. The van der Waals surface area contributed by atoms with Crippen molar-refractivity contribution in [3.8, 4) is 0 Å². The van der Waals surface area contributed by atoms with Crippen LogP contribution >= 0.6 is 0 Å². The highest BCUT2D eigenvalue weighted by Gasteiger charge is 2.04. The van der Waals surface area contributed by atoms with Crippen LogP contribution in [-0.4, -0.2) is 9.67 Å². The molecule has 0 atom stereocenters. The molecule has 84 valence electrons. The van der Waals surface area contributed by atoms with Crippen LogP contribution in [0.15, 0.2) is 36.5 Å². The van der Waals surface area contributed by atoms with Gasteiger partial charge in [0.1, 0.15) is 5.82 Å². The molecule has 16 heavy (non-hydrogen) atoms. The Balaban J connectivity index is 2.30. The van der Waals surface area contributed by atoms with Gasteiger partial charge < -0.3 is 9.67 Å². The molecule has 0 bridgehead atoms. The molecule has 0 saturated carbocycles. The van der Waals surface area contributed by atoms with Crippen LogP contribution in [0.2, 0.25) is 0 Å². The van der Waals surface area contributed by atoms with Crippen LogP contribution < -0.4 is 0 Å². The molecule has 0 radical (unpaired) electrons. The molecular formula is C13H14FNO. The van der Waals surface area contributed by atoms with Crippen molar-refractivity contribution in [3.05, 3.63) is 59.2 Å². The monoisotopic (exact) mass is 219 g/mol. The molecule has 2 aromatic rings. The Kier molecular flexibility index (Phi) is 3.06. The van der Waals surface area contributed by atoms with Gasteiger partial charge in [-0.15, -0.1) is 0 Å². The van der Waals surface area contributed by atoms with Gasteiger partial charge in [-0.1, -0.05) is 6.07 Å². The van der Waals surface area contributed by atoms with Crippen LogP contribution in [0.1, 0.15) is 16.8 Å². The van der Waals surface area contributed by atoms with Crippen molar-refractivity contribution >= 4 is 0 Å². The second-order valence-electron chi connectivity index (χ2n) is 3.86. The molecule has 1 N–H and O–H groups in total. The van der Waals surface area contributed by atoms with Crippen molar-refractivity contribution in [1.29, 1.82) is 0 Å². The molecule has 0 aliphatic rings. The number of aromatic nitrogens is 1. The second-order valence-corrected chi connectivity index (χ2v) is 3.86. The number of rotatable bonds is 3. The Morgan fingerprint density at radius 3 is 2.88 bits per heavy atom. The van der Waals surface area contributed by atoms with Crippen molar-refractivity contribution in [2.45, 2.75) is 20.1 Å². The maximum absolute atomic E-state index is 13.1. The number of halogens is 1. The first-order chi connectivity index (χ1) is 7.70. The summed E-state index contributed by atoms with van der Waals surface area (Å²) in [6, 6.07) is 8.50. The largest absolute Gasteiger partial charge is 0.390 e. The smallest absolute Gasteiger partial charge is 0.123 e. The van der Waals surface area contributed by atoms with Crippen molar-refractivity contribution < 1.29 is 9.50 Å². The van der Waals surface area contributed by atoms with Gasteiger partial charge in [0.15, 0.2) is 0 Å². The first kappa shape index (κ1) is 10.9. The van der Waals surface area contributed by atoms with Crippen LogP contribution in [-0.2, 0) is 13.2 Å². The van der Waals surface area contributed by atoms with E-state index in [1.54, 1.807) is 6.07 Å². The minimum absolute atomic E-state index is 0.00135. The van der Waals surface area contributed by atoms with Gasteiger partial charge in [-0.25, -0.2) is 4.39 Å². The Morgan fingerprint density at radius 1 is 1.31 bits per heavy atom. The van der Waals surface area contributed by atoms with Crippen molar-refractivity contribution in [2.24, 2.45) is 0 Å². The van der Waals surface area contributed by atoms with Gasteiger partial charge in [-0.05, 0) is 42.3 Å². The minimum atomic E-state index is -0.224. The molecule has 0 spiro atoms. The van der Waals surface area contributed by atoms with Gasteiger partial charge in [0.2, 0.25) is 0 Å². The Labute approximate surface area is 94.0 Å². The fourth-order valence-electron chi connectivity index (χ4n) is 1.74. The van der Waals surface area contributed by atoms with Crippen molar-refractivity contribution in [1.82, 2.24) is 4.57 Å². The number of aliphatic hydroxyl groups is 1. The van der Waals surface area contributed by atoms with Crippen LogP contribution in [0.25, 0.3) is 0 Å². The van der Waals surface area contributed by atoms with E-state index >= 15 is 0 Å². The number of benzene rings is 1. The fourth-order valence-corrected chi connectivity index (χ4v) is 1.74. The van der Waals surface area contributed by atoms with E-state index in [1.165, 1.54) is 12.1 Å². The lowest BCUT2D eigenvalue weighted by Gasteiger charge is -2.10. The van der Waals surface area contributed by atoms with Gasteiger partial charge >= 0.3 is 0 Å². The van der Waals surface area contributed by atoms with Gasteiger partial charge in [0.05, 0.1) is 6.61 Å². The minimum Gasteiger partial charge on any atom is -0.390 e. The highest BCUT2D eigenvalue weighted by Crippen LogP contribution is 2.13. The van der Waals surface area contributed by atoms with Crippen LogP contribution in [0.4, 0.5) is 4.39 Å². The Bertz CT molecular complexity index is 490. The summed E-state index contributed by atoms with van der Waals surface area (Å²) in [5.41, 5.74) is 2.83. The molecule has 0 saturated heterocycles. The zero-order valence-electron chi connectivity index (χ0n) is 9.15. The zero-order valence-corrected chi connectivity index (χ0v) is 9.15. The molecule has 2 rings (SSSR count). The maximum atomic E-state index is 13.1. The standard InChI is InChI=1S/C13H14FNO/c1-10-4-5-12(14)7-11(10)8-15-6-2-3-13(15)9-16/h2-7,16H,8-9H2,1H3. The lowest BCUT2D eigenvalue weighted by atomic mass is 10.1. The predicted molar refractivity (Wildman–Crippen MR) is 60.6 cm³/mol. The predicted octanol–water partition coefficient (Wildman–Crippen LogP) is 2.48. The lowest BCUT2D eigenvalue weighted by Crippen LogP contribution is -2.04. The zero-order chi connectivity index (χ0) is 11.5. The molecule has 1 heterocycles. The summed E-state index contributed by atoms with van der Waals surface area (Å²) in [7, 11) is 0. The van der Waals surface area contributed by atoms with Gasteiger partial charge in [0.25, 0.3) is 0 Å². The summed E-state index contributed by atoms with van der Waals surface area (Å²) >= 11 is 0. The third kappa shape index (κ3) is 2.14. The molecule has 3 heteroatoms. The topological polar surface area (TPSA) is 25.2 Å². The summed E-state index contributed by atoms with van der Waals surface area (Å²) in [6.45, 7) is 2.55. The number of aliphatic hydroxyl groups excluding tert-OH is 1. The summed E-state index contributed by atoms with van der Waals surface area (Å²) < 4.78 is 15.0. The van der Waals surface area contributed by atoms with E-state index in [0.29, 0.717) is 6.54 Å². The molecule has 0 aliphatic carbocycles. The first-order valence-electron chi connectivity index (χ1n) is 5.20. The molecule has 1 aromatic carbocycles. The third-order valence-corrected chi connectivity index (χ3v) is 2.74. The number of hydrogen-bond acceptors (Lipinski definition) is 1. The fraction of sp³-hybridized carbons (Fsp3) is 0.231. The van der Waals surface area contributed by atoms with E-state index in [2.05, 4.69) is 0 Å². The Morgan fingerprint density at radius 2 is 2.12 bits per heavy atom. The highest BCUT2D eigenvalue weighted by molar-refractivity contribution is 5.27. The lowest BCUT2D eigenvalue weighted by molar-refractivity contribution is 0.271. The van der Waals surface area contributed by atoms with Crippen LogP contribution in [0, 0.1) is 12.7 Å². The second kappa shape index (κ2) is 4.49. The molecule has 1 aromatic heterocycles. The highest BCUT2D eigenvalue weighted by atomic mass is 19.1. The van der Waals surface area contributed by atoms with Crippen molar-refractivity contribution in [2.75, 3.05) is 0 Å². The molecule has 0 fully saturated rings. The average Bonchev–Trinajstić information content (AvgIpc) is 2.71. The Hall–Kier alpha value is -1.61. The number of aryl methyl sites for hydroxylation is 1. The van der Waals surface area contributed by atoms with Gasteiger partial charge in [0, 0.05) is 18.4 Å². The summed E-state index contributed by atoms with van der Waals surface area (Å²) in [5.74, 6) is -0.224. The molecule has 2 nitrogen and oxygen atoms in total. The van der Waals surface area contributed by atoms with Gasteiger partial charge in [-0.3, -0.25) is 0 Å². The van der Waals surface area contributed by atoms with E-state index in [1.807, 2.05) is 29.8 Å². The SMILES string of the molecule is Cc1ccc(F)cc1Cn1cccc1CO. The molecule has 0 unspecified atom stereocenters. The van der Waals surface area contributed by atoms with Crippen molar-refractivity contribution in [3.63, 3.8) is 0 Å². The van der Waals surface area contributed by atoms with E-state index < -0.39 is 0 Å². The van der Waals surface area contributed by atoms with E-state index in [0.717, 1.165) is 16.8 Å². The van der Waals surface area contributed by atoms with E-state index in [4.69, 9.17) is 5.11 Å². The first-order valence-corrected chi connectivity index (χ1v) is 5.20. The molecule has 0 aliphatic heterocycles. The molecular weight excluding hydrogens is 205 g/mol.